The molecule has 5 heterocycles. The van der Waals surface area contributed by atoms with Gasteiger partial charge in [0.15, 0.2) is 0 Å². The van der Waals surface area contributed by atoms with Crippen LogP contribution in [0.5, 0.6) is 0 Å². The molecule has 1 aromatic carbocycles. The highest BCUT2D eigenvalue weighted by atomic mass is 32.1. The minimum Gasteiger partial charge on any atom is -0.421 e. The topological polar surface area (TPSA) is 101 Å². The first-order valence-electron chi connectivity index (χ1n) is 13.3. The second-order valence-corrected chi connectivity index (χ2v) is 11.4. The third kappa shape index (κ3) is 3.80. The average molecular weight is 544 g/mol. The highest BCUT2D eigenvalue weighted by Crippen LogP contribution is 2.49. The summed E-state index contributed by atoms with van der Waals surface area (Å²) in [6.45, 7) is 4.46. The van der Waals surface area contributed by atoms with Crippen molar-refractivity contribution in [2.24, 2.45) is 0 Å². The van der Waals surface area contributed by atoms with Gasteiger partial charge in [0.05, 0.1) is 39.5 Å². The summed E-state index contributed by atoms with van der Waals surface area (Å²) in [4.78, 5) is 35.2. The number of carbonyl (C=O) groups is 2. The zero-order chi connectivity index (χ0) is 26.8. The quantitative estimate of drug-likeness (QED) is 0.353. The van der Waals surface area contributed by atoms with E-state index in [-0.39, 0.29) is 29.7 Å². The van der Waals surface area contributed by atoms with E-state index in [1.54, 1.807) is 25.1 Å². The van der Waals surface area contributed by atoms with Gasteiger partial charge in [-0.2, -0.15) is 0 Å². The second-order valence-electron chi connectivity index (χ2n) is 10.3. The normalized spacial score (nSPS) is 19.4. The van der Waals surface area contributed by atoms with Crippen LogP contribution in [-0.4, -0.2) is 38.4 Å². The summed E-state index contributed by atoms with van der Waals surface area (Å²) < 4.78 is 19.5. The van der Waals surface area contributed by atoms with Gasteiger partial charge in [-0.05, 0) is 67.5 Å². The van der Waals surface area contributed by atoms with E-state index in [0.29, 0.717) is 46.3 Å². The minimum absolute atomic E-state index is 0.0231. The first-order valence-corrected chi connectivity index (χ1v) is 14.1. The third-order valence-electron chi connectivity index (χ3n) is 7.98. The molecule has 0 saturated carbocycles. The van der Waals surface area contributed by atoms with E-state index >= 15 is 0 Å². The number of nitrogens with one attached hydrogen (secondary N) is 1. The molecule has 2 amide bonds. The first kappa shape index (κ1) is 24.1. The lowest BCUT2D eigenvalue weighted by atomic mass is 9.94. The lowest BCUT2D eigenvalue weighted by Crippen LogP contribution is -2.26. The van der Waals surface area contributed by atoms with Crippen LogP contribution in [0.1, 0.15) is 86.7 Å². The van der Waals surface area contributed by atoms with Crippen LogP contribution in [0.2, 0.25) is 0 Å². The summed E-state index contributed by atoms with van der Waals surface area (Å²) in [5.74, 6) is 0.251. The Morgan fingerprint density at radius 2 is 2.05 bits per heavy atom. The van der Waals surface area contributed by atoms with E-state index in [2.05, 4.69) is 15.5 Å². The summed E-state index contributed by atoms with van der Waals surface area (Å²) in [5.41, 5.74) is 5.44. The van der Waals surface area contributed by atoms with Crippen molar-refractivity contribution in [2.45, 2.75) is 58.0 Å². The molecule has 2 atom stereocenters. The van der Waals surface area contributed by atoms with E-state index in [0.717, 1.165) is 53.1 Å². The summed E-state index contributed by atoms with van der Waals surface area (Å²) in [6, 6.07) is 8.22. The van der Waals surface area contributed by atoms with Crippen LogP contribution in [0.3, 0.4) is 0 Å². The number of nitrogens with zero attached hydrogens (tertiary/aromatic N) is 4. The minimum atomic E-state index is -0.262. The molecular formula is C29H26FN5O3S. The second kappa shape index (κ2) is 9.08. The number of hydrogen-bond donors (Lipinski definition) is 1. The van der Waals surface area contributed by atoms with Crippen molar-refractivity contribution in [1.82, 2.24) is 25.4 Å². The SMILES string of the molecule is CCc1nc2c(c(-c3ccc(C(=O)N[C@H]4CCc5cc(F)ccc54)s3)c1-c1nnc(C)o1)C(=O)N1CCCC21. The van der Waals surface area contributed by atoms with Gasteiger partial charge >= 0.3 is 0 Å². The summed E-state index contributed by atoms with van der Waals surface area (Å²) in [7, 11) is 0. The van der Waals surface area contributed by atoms with Crippen molar-refractivity contribution in [2.75, 3.05) is 6.54 Å². The van der Waals surface area contributed by atoms with Crippen LogP contribution in [-0.2, 0) is 12.8 Å². The molecule has 7 rings (SSSR count). The van der Waals surface area contributed by atoms with Crippen LogP contribution in [0.25, 0.3) is 21.9 Å². The molecule has 8 nitrogen and oxygen atoms in total. The number of amides is 2. The maximum absolute atomic E-state index is 13.7. The molecule has 198 valence electrons. The van der Waals surface area contributed by atoms with Crippen LogP contribution in [0, 0.1) is 12.7 Å². The van der Waals surface area contributed by atoms with Crippen LogP contribution < -0.4 is 5.32 Å². The van der Waals surface area contributed by atoms with Crippen LogP contribution in [0.15, 0.2) is 34.7 Å². The summed E-state index contributed by atoms with van der Waals surface area (Å²) in [6.07, 6.45) is 3.92. The van der Waals surface area contributed by atoms with Crippen molar-refractivity contribution >= 4 is 23.2 Å². The average Bonchev–Trinajstić information content (AvgIpc) is 3.75. The van der Waals surface area contributed by atoms with Gasteiger partial charge in [-0.1, -0.05) is 13.0 Å². The highest BCUT2D eigenvalue weighted by Gasteiger charge is 2.44. The van der Waals surface area contributed by atoms with E-state index in [1.165, 1.54) is 17.4 Å². The molecule has 1 aliphatic carbocycles. The summed E-state index contributed by atoms with van der Waals surface area (Å²) in [5, 5.41) is 11.4. The number of hydrogen-bond acceptors (Lipinski definition) is 7. The lowest BCUT2D eigenvalue weighted by molar-refractivity contribution is 0.0776. The number of rotatable bonds is 5. The number of aryl methyl sites for hydroxylation is 3. The van der Waals surface area contributed by atoms with Gasteiger partial charge in [-0.3, -0.25) is 14.6 Å². The molecule has 4 aromatic rings. The van der Waals surface area contributed by atoms with Crippen molar-refractivity contribution < 1.29 is 18.4 Å². The van der Waals surface area contributed by atoms with Crippen LogP contribution >= 0.6 is 11.3 Å². The van der Waals surface area contributed by atoms with Crippen molar-refractivity contribution in [3.05, 3.63) is 75.0 Å². The number of carbonyl (C=O) groups excluding carboxylic acids is 2. The standard InChI is InChI=1S/C29H26FN5O3S/c1-3-18-23(28-34-33-14(2)38-28)24(25-26(31-18)20-5-4-12-35(20)29(25)37)21-10-11-22(39-21)27(36)32-19-9-6-15-13-16(30)7-8-17(15)19/h7-8,10-11,13,19-20H,3-6,9,12H2,1-2H3,(H,32,36)/t19-,20?/m0/s1. The predicted molar refractivity (Wildman–Crippen MR) is 143 cm³/mol. The van der Waals surface area contributed by atoms with Gasteiger partial charge in [0.25, 0.3) is 11.8 Å². The van der Waals surface area contributed by atoms with Gasteiger partial charge in [0, 0.05) is 23.9 Å². The highest BCUT2D eigenvalue weighted by molar-refractivity contribution is 7.17. The molecule has 0 bridgehead atoms. The zero-order valence-electron chi connectivity index (χ0n) is 21.6. The molecule has 39 heavy (non-hydrogen) atoms. The monoisotopic (exact) mass is 543 g/mol. The fourth-order valence-corrected chi connectivity index (χ4v) is 7.21. The first-order chi connectivity index (χ1) is 18.9. The molecule has 2 aliphatic heterocycles. The van der Waals surface area contributed by atoms with Crippen molar-refractivity contribution in [3.8, 4) is 21.9 Å². The Morgan fingerprint density at radius 1 is 1.18 bits per heavy atom. The number of halogens is 1. The van der Waals surface area contributed by atoms with Crippen LogP contribution in [0.4, 0.5) is 4.39 Å². The Labute approximate surface area is 228 Å². The maximum atomic E-state index is 13.7. The Balaban J connectivity index is 1.31. The van der Waals surface area contributed by atoms with Gasteiger partial charge < -0.3 is 14.6 Å². The van der Waals surface area contributed by atoms with E-state index in [9.17, 15) is 14.0 Å². The Hall–Kier alpha value is -3.92. The number of aromatic nitrogens is 3. The number of benzene rings is 1. The number of pyridine rings is 1. The molecule has 0 spiro atoms. The van der Waals surface area contributed by atoms with E-state index < -0.39 is 0 Å². The lowest BCUT2D eigenvalue weighted by Gasteiger charge is -2.15. The third-order valence-corrected chi connectivity index (χ3v) is 9.08. The number of thiophene rings is 1. The fourth-order valence-electron chi connectivity index (χ4n) is 6.24. The van der Waals surface area contributed by atoms with Gasteiger partial charge in [0.2, 0.25) is 11.8 Å². The molecule has 1 saturated heterocycles. The van der Waals surface area contributed by atoms with Crippen molar-refractivity contribution in [3.63, 3.8) is 0 Å². The molecule has 10 heteroatoms. The van der Waals surface area contributed by atoms with E-state index in [4.69, 9.17) is 9.40 Å². The summed E-state index contributed by atoms with van der Waals surface area (Å²) >= 11 is 1.33. The van der Waals surface area contributed by atoms with E-state index in [1.807, 2.05) is 17.9 Å². The van der Waals surface area contributed by atoms with Gasteiger partial charge in [-0.15, -0.1) is 21.5 Å². The fraction of sp³-hybridized carbons (Fsp3) is 0.345. The smallest absolute Gasteiger partial charge is 0.261 e. The maximum Gasteiger partial charge on any atom is 0.261 e. The molecular weight excluding hydrogens is 517 g/mol. The zero-order valence-corrected chi connectivity index (χ0v) is 22.4. The molecule has 0 radical (unpaired) electrons. The largest absolute Gasteiger partial charge is 0.421 e. The predicted octanol–water partition coefficient (Wildman–Crippen LogP) is 5.58. The van der Waals surface area contributed by atoms with Gasteiger partial charge in [-0.25, -0.2) is 4.39 Å². The Bertz CT molecular complexity index is 1660. The Kier molecular flexibility index (Phi) is 5.62. The molecule has 3 aromatic heterocycles. The molecule has 1 unspecified atom stereocenters. The number of fused-ring (bicyclic) bond motifs is 4. The molecule has 1 fully saturated rings. The molecule has 3 aliphatic rings. The Morgan fingerprint density at radius 3 is 2.85 bits per heavy atom. The van der Waals surface area contributed by atoms with Gasteiger partial charge in [0.1, 0.15) is 5.82 Å². The molecule has 1 N–H and O–H groups in total. The van der Waals surface area contributed by atoms with Crippen molar-refractivity contribution in [1.29, 1.82) is 0 Å².